The van der Waals surface area contributed by atoms with Gasteiger partial charge in [0.05, 0.1) is 36.5 Å². The highest BCUT2D eigenvalue weighted by Crippen LogP contribution is 2.38. The number of amides is 4. The van der Waals surface area contributed by atoms with Crippen molar-refractivity contribution in [1.29, 1.82) is 0 Å². The zero-order valence-electron chi connectivity index (χ0n) is 35.2. The number of nitrogen functional groups attached to an aromatic ring is 1. The summed E-state index contributed by atoms with van der Waals surface area (Å²) in [5, 5.41) is 2.66. The van der Waals surface area contributed by atoms with Gasteiger partial charge in [0, 0.05) is 89.6 Å². The summed E-state index contributed by atoms with van der Waals surface area (Å²) < 4.78 is 58.5. The van der Waals surface area contributed by atoms with Gasteiger partial charge in [-0.05, 0) is 94.1 Å². The predicted molar refractivity (Wildman–Crippen MR) is 224 cm³/mol. The Labute approximate surface area is 360 Å². The van der Waals surface area contributed by atoms with E-state index in [0.717, 1.165) is 43.4 Å². The third-order valence-corrected chi connectivity index (χ3v) is 12.4. The molecule has 61 heavy (non-hydrogen) atoms. The number of nitrogens with two attached hydrogens (primary N) is 1. The van der Waals surface area contributed by atoms with Gasteiger partial charge in [-0.25, -0.2) is 9.59 Å². The minimum absolute atomic E-state index is 0.0485. The number of rotatable bonds is 13. The molecule has 4 aliphatic rings. The van der Waals surface area contributed by atoms with Crippen LogP contribution < -0.4 is 15.8 Å². The number of ether oxygens (including phenoxy) is 3. The molecule has 1 atom stereocenters. The van der Waals surface area contributed by atoms with Crippen LogP contribution in [0.1, 0.15) is 48.8 Å². The molecule has 0 aliphatic carbocycles. The number of benzene rings is 2. The first-order valence-corrected chi connectivity index (χ1v) is 21.4. The molecule has 4 heterocycles. The number of alkyl halides is 3. The number of hydrogen-bond acceptors (Lipinski definition) is 11. The van der Waals surface area contributed by atoms with Crippen molar-refractivity contribution in [1.82, 2.24) is 29.4 Å². The molecule has 0 radical (unpaired) electrons. The van der Waals surface area contributed by atoms with Crippen LogP contribution in [0.4, 0.5) is 34.1 Å². The molecule has 3 saturated heterocycles. The number of carbonyl (C=O) groups is 4. The van der Waals surface area contributed by atoms with Crippen molar-refractivity contribution in [3.63, 3.8) is 0 Å². The van der Waals surface area contributed by atoms with Gasteiger partial charge in [0.25, 0.3) is 5.91 Å². The van der Waals surface area contributed by atoms with Crippen molar-refractivity contribution in [2.75, 3.05) is 111 Å². The van der Waals surface area contributed by atoms with E-state index in [9.17, 15) is 32.3 Å². The van der Waals surface area contributed by atoms with Gasteiger partial charge in [-0.1, -0.05) is 11.6 Å². The van der Waals surface area contributed by atoms with Gasteiger partial charge in [0.2, 0.25) is 0 Å². The zero-order chi connectivity index (χ0) is 43.8. The molecule has 15 nitrogen and oxygen atoms in total. The van der Waals surface area contributed by atoms with Crippen molar-refractivity contribution >= 4 is 47.0 Å². The van der Waals surface area contributed by atoms with Crippen LogP contribution in [0.3, 0.4) is 0 Å². The Morgan fingerprint density at radius 2 is 1.61 bits per heavy atom. The van der Waals surface area contributed by atoms with Crippen LogP contribution in [0.5, 0.6) is 5.75 Å². The summed E-state index contributed by atoms with van der Waals surface area (Å²) in [5.41, 5.74) is 5.67. The normalized spacial score (nSPS) is 19.3. The number of hydrogen-bond donors (Lipinski definition) is 2. The smallest absolute Gasteiger partial charge is 0.418 e. The van der Waals surface area contributed by atoms with Crippen molar-refractivity contribution in [3.8, 4) is 5.75 Å². The number of piperidine rings is 2. The van der Waals surface area contributed by atoms with Gasteiger partial charge in [0.15, 0.2) is 6.10 Å². The van der Waals surface area contributed by atoms with Crippen LogP contribution in [-0.4, -0.2) is 171 Å². The molecule has 0 bridgehead atoms. The fraction of sp³-hybridized carbons (Fsp3) is 0.619. The lowest BCUT2D eigenvalue weighted by Crippen LogP contribution is -2.55. The Morgan fingerprint density at radius 1 is 0.934 bits per heavy atom. The number of urea groups is 1. The van der Waals surface area contributed by atoms with Crippen molar-refractivity contribution in [3.05, 3.63) is 52.0 Å². The number of carbonyl (C=O) groups excluding carboxylic acids is 4. The molecule has 2 aromatic rings. The molecule has 2 aromatic carbocycles. The summed E-state index contributed by atoms with van der Waals surface area (Å²) in [6.07, 6.45) is -3.70. The summed E-state index contributed by atoms with van der Waals surface area (Å²) >= 11 is 6.15. The van der Waals surface area contributed by atoms with Crippen LogP contribution in [0.2, 0.25) is 5.02 Å². The summed E-state index contributed by atoms with van der Waals surface area (Å²) in [6.45, 7) is 6.12. The molecule has 19 heteroatoms. The Balaban J connectivity index is 1.05. The standard InChI is InChI=1S/C42H58ClF3N8O7/c1-49(2)12-4-22-60-37(55)27-50-18-20-51(21-19-50)30-8-13-52(14-9-30)39(56)36(25-28-23-33(42(44,45)46)38(47)34(43)24-28)61-41(58)53-15-10-31(11-16-53)54-17-7-29-26-32(59-3)5-6-35(29)48-40(54)57/h5-6,23-24,26,30-31,36H,4,7-22,25,27,47H2,1-3H3,(H,48,57)/t36-/m1/s1. The topological polar surface area (TPSA) is 153 Å². The minimum Gasteiger partial charge on any atom is -0.497 e. The van der Waals surface area contributed by atoms with Crippen molar-refractivity contribution < 1.29 is 46.6 Å². The summed E-state index contributed by atoms with van der Waals surface area (Å²) in [4.78, 5) is 64.9. The van der Waals surface area contributed by atoms with E-state index in [2.05, 4.69) is 15.1 Å². The van der Waals surface area contributed by atoms with E-state index >= 15 is 0 Å². The number of halogens is 4. The van der Waals surface area contributed by atoms with Gasteiger partial charge >= 0.3 is 24.3 Å². The van der Waals surface area contributed by atoms with Crippen LogP contribution in [0, 0.1) is 0 Å². The van der Waals surface area contributed by atoms with Crippen LogP contribution in [0.25, 0.3) is 0 Å². The fourth-order valence-electron chi connectivity index (χ4n) is 8.62. The average Bonchev–Trinajstić information content (AvgIpc) is 3.40. The number of nitrogens with one attached hydrogen (secondary N) is 1. The maximum Gasteiger partial charge on any atom is 0.418 e. The summed E-state index contributed by atoms with van der Waals surface area (Å²) in [6, 6.07) is 7.43. The fourth-order valence-corrected chi connectivity index (χ4v) is 8.86. The third-order valence-electron chi connectivity index (χ3n) is 12.1. The zero-order valence-corrected chi connectivity index (χ0v) is 35.9. The molecule has 6 rings (SSSR count). The monoisotopic (exact) mass is 878 g/mol. The molecule has 4 amide bonds. The quantitative estimate of drug-likeness (QED) is 0.164. The maximum atomic E-state index is 14.2. The number of nitrogens with zero attached hydrogens (tertiary/aromatic N) is 6. The first-order valence-electron chi connectivity index (χ1n) is 21.0. The summed E-state index contributed by atoms with van der Waals surface area (Å²) in [7, 11) is 5.53. The van der Waals surface area contributed by atoms with E-state index in [1.54, 1.807) is 23.0 Å². The second-order valence-corrected chi connectivity index (χ2v) is 16.9. The Kier molecular flexibility index (Phi) is 15.5. The molecule has 3 N–H and O–H groups in total. The SMILES string of the molecule is COc1ccc2c(c1)CCN(C1CCN(C(=O)O[C@H](Cc3cc(Cl)c(N)c(C(F)(F)F)c3)C(=O)N3CCC(N4CCN(CC(=O)OCCCN(C)C)CC4)CC3)CC1)C(=O)N2. The van der Waals surface area contributed by atoms with E-state index in [1.807, 2.05) is 31.1 Å². The van der Waals surface area contributed by atoms with Gasteiger partial charge < -0.3 is 44.9 Å². The molecular formula is C42H58ClF3N8O7. The predicted octanol–water partition coefficient (Wildman–Crippen LogP) is 4.66. The third kappa shape index (κ3) is 12.1. The Morgan fingerprint density at radius 3 is 2.26 bits per heavy atom. The Hall–Kier alpha value is -4.52. The van der Waals surface area contributed by atoms with E-state index in [1.165, 1.54) is 11.0 Å². The summed E-state index contributed by atoms with van der Waals surface area (Å²) in [5.74, 6) is -0.0387. The first-order chi connectivity index (χ1) is 29.1. The number of anilines is 2. The molecule has 0 aromatic heterocycles. The first kappa shape index (κ1) is 46.0. The number of piperazine rings is 1. The highest BCUT2D eigenvalue weighted by atomic mass is 35.5. The second kappa shape index (κ2) is 20.6. The largest absolute Gasteiger partial charge is 0.497 e. The molecule has 0 spiro atoms. The van der Waals surface area contributed by atoms with E-state index in [4.69, 9.17) is 31.5 Å². The van der Waals surface area contributed by atoms with Crippen LogP contribution in [-0.2, 0) is 38.1 Å². The van der Waals surface area contributed by atoms with Crippen LogP contribution in [0.15, 0.2) is 30.3 Å². The lowest BCUT2D eigenvalue weighted by atomic mass is 9.99. The van der Waals surface area contributed by atoms with Gasteiger partial charge in [-0.2, -0.15) is 13.2 Å². The lowest BCUT2D eigenvalue weighted by Gasteiger charge is -2.43. The van der Waals surface area contributed by atoms with Gasteiger partial charge in [-0.3, -0.25) is 19.4 Å². The maximum absolute atomic E-state index is 14.2. The van der Waals surface area contributed by atoms with Crippen molar-refractivity contribution in [2.24, 2.45) is 0 Å². The Bertz CT molecular complexity index is 1870. The van der Waals surface area contributed by atoms with E-state index in [-0.39, 0.29) is 60.7 Å². The molecular weight excluding hydrogens is 821 g/mol. The minimum atomic E-state index is -4.80. The second-order valence-electron chi connectivity index (χ2n) is 16.5. The average molecular weight is 879 g/mol. The van der Waals surface area contributed by atoms with Crippen molar-refractivity contribution in [2.45, 2.75) is 69.3 Å². The van der Waals surface area contributed by atoms with Gasteiger partial charge in [0.1, 0.15) is 5.75 Å². The molecule has 0 unspecified atom stereocenters. The lowest BCUT2D eigenvalue weighted by molar-refractivity contribution is -0.145. The van der Waals surface area contributed by atoms with Crippen LogP contribution >= 0.6 is 11.6 Å². The van der Waals surface area contributed by atoms with E-state index < -0.39 is 35.5 Å². The highest BCUT2D eigenvalue weighted by molar-refractivity contribution is 6.33. The number of esters is 1. The van der Waals surface area contributed by atoms with E-state index in [0.29, 0.717) is 77.2 Å². The molecule has 3 fully saturated rings. The number of likely N-dealkylation sites (tertiary alicyclic amines) is 2. The molecule has 4 aliphatic heterocycles. The highest BCUT2D eigenvalue weighted by Gasteiger charge is 2.39. The molecule has 0 saturated carbocycles. The number of methoxy groups -OCH3 is 1. The molecule has 336 valence electrons. The van der Waals surface area contributed by atoms with Gasteiger partial charge in [-0.15, -0.1) is 0 Å². The number of fused-ring (bicyclic) bond motifs is 1.